The highest BCUT2D eigenvalue weighted by Gasteiger charge is 2.11. The van der Waals surface area contributed by atoms with Gasteiger partial charge in [-0.2, -0.15) is 0 Å². The molecule has 0 saturated carbocycles. The van der Waals surface area contributed by atoms with Gasteiger partial charge in [0.1, 0.15) is 5.75 Å². The van der Waals surface area contributed by atoms with E-state index in [0.29, 0.717) is 35.3 Å². The highest BCUT2D eigenvalue weighted by Crippen LogP contribution is 2.28. The molecule has 128 valence electrons. The minimum absolute atomic E-state index is 0.216. The average molecular weight is 329 g/mol. The molecule has 2 rings (SSSR count). The summed E-state index contributed by atoms with van der Waals surface area (Å²) < 4.78 is 16.0. The topological polar surface area (TPSA) is 56.8 Å². The minimum Gasteiger partial charge on any atom is -0.493 e. The van der Waals surface area contributed by atoms with Crippen LogP contribution in [0.3, 0.4) is 0 Å². The first-order valence-electron chi connectivity index (χ1n) is 7.79. The van der Waals surface area contributed by atoms with Gasteiger partial charge in [-0.15, -0.1) is 0 Å². The number of rotatable bonds is 7. The molecule has 0 heterocycles. The number of hydrogen-bond donors (Lipinski definition) is 1. The number of anilines is 1. The van der Waals surface area contributed by atoms with Crippen LogP contribution in [0.1, 0.15) is 24.2 Å². The third-order valence-corrected chi connectivity index (χ3v) is 3.34. The van der Waals surface area contributed by atoms with E-state index >= 15 is 0 Å². The van der Waals surface area contributed by atoms with E-state index in [9.17, 15) is 4.79 Å². The van der Waals surface area contributed by atoms with Crippen LogP contribution < -0.4 is 19.5 Å². The van der Waals surface area contributed by atoms with Crippen LogP contribution >= 0.6 is 0 Å². The second kappa shape index (κ2) is 8.24. The van der Waals surface area contributed by atoms with Crippen molar-refractivity contribution in [3.63, 3.8) is 0 Å². The van der Waals surface area contributed by atoms with E-state index in [1.54, 1.807) is 25.3 Å². The summed E-state index contributed by atoms with van der Waals surface area (Å²) in [4.78, 5) is 12.3. The van der Waals surface area contributed by atoms with Crippen LogP contribution in [0.15, 0.2) is 42.5 Å². The molecule has 0 aliphatic carbocycles. The van der Waals surface area contributed by atoms with Gasteiger partial charge in [-0.05, 0) is 48.4 Å². The fourth-order valence-electron chi connectivity index (χ4n) is 2.08. The third kappa shape index (κ3) is 4.65. The summed E-state index contributed by atoms with van der Waals surface area (Å²) in [5.74, 6) is 2.14. The zero-order chi connectivity index (χ0) is 17.5. The Bertz CT molecular complexity index is 680. The molecule has 0 atom stereocenters. The molecule has 5 heteroatoms. The molecule has 5 nitrogen and oxygen atoms in total. The fourth-order valence-corrected chi connectivity index (χ4v) is 2.08. The lowest BCUT2D eigenvalue weighted by atomic mass is 10.2. The Morgan fingerprint density at radius 2 is 1.67 bits per heavy atom. The van der Waals surface area contributed by atoms with E-state index in [2.05, 4.69) is 19.2 Å². The maximum absolute atomic E-state index is 12.3. The predicted molar refractivity (Wildman–Crippen MR) is 94.3 cm³/mol. The summed E-state index contributed by atoms with van der Waals surface area (Å²) in [7, 11) is 3.09. The number of amides is 1. The number of methoxy groups -OCH3 is 2. The first-order chi connectivity index (χ1) is 11.5. The Morgan fingerprint density at radius 3 is 2.25 bits per heavy atom. The quantitative estimate of drug-likeness (QED) is 0.834. The number of nitrogens with one attached hydrogen (secondary N) is 1. The first-order valence-corrected chi connectivity index (χ1v) is 7.79. The van der Waals surface area contributed by atoms with E-state index < -0.39 is 0 Å². The molecular formula is C19H23NO4. The second-order valence-electron chi connectivity index (χ2n) is 5.75. The Hall–Kier alpha value is -2.69. The third-order valence-electron chi connectivity index (χ3n) is 3.34. The van der Waals surface area contributed by atoms with Gasteiger partial charge in [0.05, 0.1) is 20.8 Å². The van der Waals surface area contributed by atoms with Gasteiger partial charge in [0.25, 0.3) is 5.91 Å². The Labute approximate surface area is 142 Å². The van der Waals surface area contributed by atoms with Crippen LogP contribution in [-0.2, 0) is 0 Å². The number of carbonyl (C=O) groups is 1. The van der Waals surface area contributed by atoms with Gasteiger partial charge >= 0.3 is 0 Å². The molecule has 0 fully saturated rings. The Balaban J connectivity index is 2.04. The molecule has 0 aliphatic heterocycles. The van der Waals surface area contributed by atoms with E-state index in [-0.39, 0.29) is 5.91 Å². The highest BCUT2D eigenvalue weighted by molar-refractivity contribution is 6.04. The van der Waals surface area contributed by atoms with Crippen molar-refractivity contribution in [3.8, 4) is 17.2 Å². The molecular weight excluding hydrogens is 306 g/mol. The lowest BCUT2D eigenvalue weighted by Gasteiger charge is -2.11. The average Bonchev–Trinajstić information content (AvgIpc) is 2.60. The number of carbonyl (C=O) groups excluding carboxylic acids is 1. The first kappa shape index (κ1) is 17.7. The van der Waals surface area contributed by atoms with Gasteiger partial charge in [0, 0.05) is 11.3 Å². The lowest BCUT2D eigenvalue weighted by Crippen LogP contribution is -2.12. The van der Waals surface area contributed by atoms with Crippen molar-refractivity contribution in [1.82, 2.24) is 0 Å². The van der Waals surface area contributed by atoms with Crippen molar-refractivity contribution < 1.29 is 19.0 Å². The van der Waals surface area contributed by atoms with Gasteiger partial charge < -0.3 is 19.5 Å². The van der Waals surface area contributed by atoms with Crippen LogP contribution in [0.4, 0.5) is 5.69 Å². The summed E-state index contributed by atoms with van der Waals surface area (Å²) >= 11 is 0. The van der Waals surface area contributed by atoms with Crippen molar-refractivity contribution in [3.05, 3.63) is 48.0 Å². The maximum atomic E-state index is 12.3. The minimum atomic E-state index is -0.216. The van der Waals surface area contributed by atoms with Gasteiger partial charge in [0.2, 0.25) is 0 Å². The van der Waals surface area contributed by atoms with Crippen LogP contribution in [0, 0.1) is 5.92 Å². The second-order valence-corrected chi connectivity index (χ2v) is 5.75. The van der Waals surface area contributed by atoms with E-state index in [1.807, 2.05) is 24.3 Å². The van der Waals surface area contributed by atoms with E-state index in [4.69, 9.17) is 14.2 Å². The summed E-state index contributed by atoms with van der Waals surface area (Å²) in [5.41, 5.74) is 1.19. The normalized spacial score (nSPS) is 10.4. The Morgan fingerprint density at radius 1 is 1.00 bits per heavy atom. The monoisotopic (exact) mass is 329 g/mol. The molecule has 24 heavy (non-hydrogen) atoms. The smallest absolute Gasteiger partial charge is 0.255 e. The van der Waals surface area contributed by atoms with E-state index in [1.165, 1.54) is 7.11 Å². The number of hydrogen-bond acceptors (Lipinski definition) is 4. The molecule has 0 aliphatic rings. The Kier molecular flexibility index (Phi) is 6.07. The van der Waals surface area contributed by atoms with Crippen LogP contribution in [-0.4, -0.2) is 26.7 Å². The van der Waals surface area contributed by atoms with Crippen molar-refractivity contribution in [1.29, 1.82) is 0 Å². The fraction of sp³-hybridized carbons (Fsp3) is 0.316. The zero-order valence-corrected chi connectivity index (χ0v) is 14.5. The molecule has 1 N–H and O–H groups in total. The molecule has 2 aromatic rings. The van der Waals surface area contributed by atoms with Gasteiger partial charge in [-0.1, -0.05) is 13.8 Å². The largest absolute Gasteiger partial charge is 0.493 e. The van der Waals surface area contributed by atoms with Crippen molar-refractivity contribution >= 4 is 11.6 Å². The molecule has 0 spiro atoms. The molecule has 0 unspecified atom stereocenters. The molecule has 2 aromatic carbocycles. The lowest BCUT2D eigenvalue weighted by molar-refractivity contribution is 0.102. The molecule has 0 bridgehead atoms. The standard InChI is InChI=1S/C19H23NO4/c1-13(2)12-24-16-8-6-15(7-9-16)20-19(21)14-5-10-17(22-3)18(11-14)23-4/h5-11,13H,12H2,1-4H3,(H,20,21). The van der Waals surface area contributed by atoms with E-state index in [0.717, 1.165) is 5.75 Å². The summed E-state index contributed by atoms with van der Waals surface area (Å²) in [5, 5.41) is 2.85. The van der Waals surface area contributed by atoms with Crippen LogP contribution in [0.2, 0.25) is 0 Å². The number of benzene rings is 2. The van der Waals surface area contributed by atoms with Crippen molar-refractivity contribution in [2.45, 2.75) is 13.8 Å². The summed E-state index contributed by atoms with van der Waals surface area (Å²) in [6.07, 6.45) is 0. The SMILES string of the molecule is COc1ccc(C(=O)Nc2ccc(OCC(C)C)cc2)cc1OC. The highest BCUT2D eigenvalue weighted by atomic mass is 16.5. The van der Waals surface area contributed by atoms with Crippen molar-refractivity contribution in [2.24, 2.45) is 5.92 Å². The van der Waals surface area contributed by atoms with Gasteiger partial charge in [0.15, 0.2) is 11.5 Å². The zero-order valence-electron chi connectivity index (χ0n) is 14.5. The van der Waals surface area contributed by atoms with Crippen molar-refractivity contribution in [2.75, 3.05) is 26.1 Å². The molecule has 1 amide bonds. The van der Waals surface area contributed by atoms with Gasteiger partial charge in [-0.3, -0.25) is 4.79 Å². The van der Waals surface area contributed by atoms with Gasteiger partial charge in [-0.25, -0.2) is 0 Å². The van der Waals surface area contributed by atoms with Crippen LogP contribution in [0.25, 0.3) is 0 Å². The van der Waals surface area contributed by atoms with Crippen LogP contribution in [0.5, 0.6) is 17.2 Å². The predicted octanol–water partition coefficient (Wildman–Crippen LogP) is 3.99. The molecule has 0 saturated heterocycles. The summed E-state index contributed by atoms with van der Waals surface area (Å²) in [6, 6.07) is 12.4. The molecule has 0 aromatic heterocycles. The summed E-state index contributed by atoms with van der Waals surface area (Å²) in [6.45, 7) is 4.85. The maximum Gasteiger partial charge on any atom is 0.255 e. The number of ether oxygens (including phenoxy) is 3. The molecule has 0 radical (unpaired) electrons.